The maximum atomic E-state index is 12.8. The third-order valence-electron chi connectivity index (χ3n) is 5.14. The zero-order valence-corrected chi connectivity index (χ0v) is 19.9. The van der Waals surface area contributed by atoms with Crippen LogP contribution in [0.25, 0.3) is 5.57 Å². The number of hydrogen-bond donors (Lipinski definition) is 3. The number of aliphatic carboxylic acids is 1. The molecule has 3 aliphatic rings. The molecular formula is C16H20ClN8NaO4S3. The van der Waals surface area contributed by atoms with E-state index in [1.54, 1.807) is 21.9 Å². The minimum atomic E-state index is -1.13. The van der Waals surface area contributed by atoms with Crippen molar-refractivity contribution in [2.45, 2.75) is 11.4 Å². The summed E-state index contributed by atoms with van der Waals surface area (Å²) in [7, 11) is 1.76. The molecule has 1 aromatic heterocycles. The minimum absolute atomic E-state index is 0. The number of nitrogens with two attached hydrogens (primary N) is 1. The van der Waals surface area contributed by atoms with Crippen molar-refractivity contribution in [2.75, 3.05) is 37.5 Å². The summed E-state index contributed by atoms with van der Waals surface area (Å²) in [5.41, 5.74) is 6.01. The van der Waals surface area contributed by atoms with Gasteiger partial charge in [-0.3, -0.25) is 19.4 Å². The first-order chi connectivity index (χ1) is 15.2. The number of carboxylic acid groups (broad SMARTS) is 1. The van der Waals surface area contributed by atoms with Gasteiger partial charge in [0, 0.05) is 36.0 Å². The van der Waals surface area contributed by atoms with E-state index >= 15 is 0 Å². The first kappa shape index (κ1) is 26.4. The van der Waals surface area contributed by atoms with Crippen LogP contribution in [0.3, 0.4) is 0 Å². The number of anilines is 1. The molecule has 4 N–H and O–H groups in total. The normalized spacial score (nSPS) is 26.5. The number of fused-ring (bicyclic) bond motifs is 1. The van der Waals surface area contributed by atoms with Crippen LogP contribution in [0.2, 0.25) is 0 Å². The number of carbonyl (C=O) groups excluding carboxylic acids is 2. The van der Waals surface area contributed by atoms with Crippen LogP contribution in [0.1, 0.15) is 5.69 Å². The predicted octanol–water partition coefficient (Wildman–Crippen LogP) is 0.263. The Kier molecular flexibility index (Phi) is 8.46. The van der Waals surface area contributed by atoms with E-state index in [1.165, 1.54) is 39.9 Å². The Balaban J connectivity index is 0.00000306. The molecule has 0 radical (unpaired) electrons. The van der Waals surface area contributed by atoms with Crippen LogP contribution in [0.4, 0.5) is 5.13 Å². The number of nitrogens with one attached hydrogen (secondary N) is 1. The van der Waals surface area contributed by atoms with Crippen LogP contribution in [0.5, 0.6) is 0 Å². The molecule has 0 spiro atoms. The number of thiazole rings is 1. The first-order valence-corrected chi connectivity index (χ1v) is 12.6. The molecule has 33 heavy (non-hydrogen) atoms. The molecule has 174 valence electrons. The molecule has 2 amide bonds. The van der Waals surface area contributed by atoms with E-state index in [0.29, 0.717) is 17.5 Å². The van der Waals surface area contributed by atoms with Crippen molar-refractivity contribution in [2.24, 2.45) is 15.9 Å². The summed E-state index contributed by atoms with van der Waals surface area (Å²) in [5, 5.41) is 23.6. The van der Waals surface area contributed by atoms with Crippen molar-refractivity contribution < 1.29 is 19.5 Å². The average molecular weight is 543 g/mol. The predicted molar refractivity (Wildman–Crippen MR) is 129 cm³/mol. The van der Waals surface area contributed by atoms with E-state index in [0.717, 1.165) is 5.54 Å². The van der Waals surface area contributed by atoms with Crippen LogP contribution < -0.4 is 11.1 Å². The topological polar surface area (TPSA) is 157 Å². The number of carbonyl (C=O) groups is 3. The molecule has 4 heterocycles. The van der Waals surface area contributed by atoms with Gasteiger partial charge in [0.15, 0.2) is 5.13 Å². The van der Waals surface area contributed by atoms with Gasteiger partial charge in [0.1, 0.15) is 23.5 Å². The van der Waals surface area contributed by atoms with Gasteiger partial charge in [-0.1, -0.05) is 16.8 Å². The number of thioether (sulfide) groups is 1. The third-order valence-corrected chi connectivity index (χ3v) is 8.79. The third kappa shape index (κ3) is 5.23. The van der Waals surface area contributed by atoms with E-state index in [1.807, 2.05) is 0 Å². The van der Waals surface area contributed by atoms with Crippen LogP contribution in [0, 0.1) is 5.41 Å². The quantitative estimate of drug-likeness (QED) is 0.189. The molecule has 3 atom stereocenters. The molecule has 0 bridgehead atoms. The Bertz CT molecular complexity index is 1010. The number of amides is 2. The number of aromatic nitrogens is 1. The van der Waals surface area contributed by atoms with Gasteiger partial charge in [-0.2, -0.15) is 4.41 Å². The van der Waals surface area contributed by atoms with Gasteiger partial charge in [-0.25, -0.2) is 4.98 Å². The molecule has 0 saturated carbocycles. The van der Waals surface area contributed by atoms with E-state index in [9.17, 15) is 19.5 Å². The Morgan fingerprint density at radius 1 is 1.48 bits per heavy atom. The molecule has 3 aliphatic heterocycles. The fraction of sp³-hybridized carbons (Fsp3) is 0.500. The maximum absolute atomic E-state index is 12.8. The summed E-state index contributed by atoms with van der Waals surface area (Å²) in [6.07, 6.45) is 0. The number of rotatable bonds is 7. The summed E-state index contributed by atoms with van der Waals surface area (Å²) in [6.45, 7) is 0.508. The molecule has 0 aromatic carbocycles. The van der Waals surface area contributed by atoms with Gasteiger partial charge >= 0.3 is 35.5 Å². The average Bonchev–Trinajstić information content (AvgIpc) is 3.38. The van der Waals surface area contributed by atoms with Gasteiger partial charge in [0.25, 0.3) is 5.91 Å². The molecule has 0 aliphatic carbocycles. The van der Waals surface area contributed by atoms with Crippen molar-refractivity contribution >= 4 is 105 Å². The second-order valence-corrected chi connectivity index (χ2v) is 10.6. The Morgan fingerprint density at radius 2 is 2.24 bits per heavy atom. The number of hydrogen-bond acceptors (Lipinski definition) is 12. The van der Waals surface area contributed by atoms with Crippen LogP contribution >= 0.6 is 46.6 Å². The number of nitrogens with zero attached hydrogens (tertiary/aromatic N) is 6. The summed E-state index contributed by atoms with van der Waals surface area (Å²) in [5.74, 6) is -1.33. The van der Waals surface area contributed by atoms with E-state index in [4.69, 9.17) is 17.3 Å². The second kappa shape index (κ2) is 10.6. The summed E-state index contributed by atoms with van der Waals surface area (Å²) in [4.78, 5) is 43.1. The van der Waals surface area contributed by atoms with Gasteiger partial charge < -0.3 is 21.1 Å². The number of nitrogen functional groups attached to an aromatic ring is 1. The number of β-lactam (4-membered cyclic amide) rings is 1. The summed E-state index contributed by atoms with van der Waals surface area (Å²) < 4.78 is 1.60. The standard InChI is InChI=1S/C16H19ClN8O4S3.Na.H/c1-23-7-25(22-21-23)32-6-16(14(28)29)4-24-12(27)10(13(24)31-5-16)20-11(26)8(2-17)9-3-30-15(18)19-9;;/h2-3,10,13H,4-7H2,1H3,(H2,18,19)(H,20,26)(H,28,29);;/t10?,13-,16?;;/m1../s1. The molecule has 2 saturated heterocycles. The molecule has 12 nitrogen and oxygen atoms in total. The molecular weight excluding hydrogens is 523 g/mol. The van der Waals surface area contributed by atoms with Gasteiger partial charge in [-0.15, -0.1) is 23.1 Å². The summed E-state index contributed by atoms with van der Waals surface area (Å²) in [6, 6.07) is -0.768. The fourth-order valence-corrected chi connectivity index (χ4v) is 6.86. The zero-order chi connectivity index (χ0) is 23.0. The van der Waals surface area contributed by atoms with Gasteiger partial charge in [-0.05, 0) is 17.2 Å². The Morgan fingerprint density at radius 3 is 2.82 bits per heavy atom. The molecule has 17 heteroatoms. The van der Waals surface area contributed by atoms with Gasteiger partial charge in [0.2, 0.25) is 5.91 Å². The summed E-state index contributed by atoms with van der Waals surface area (Å²) >= 11 is 9.57. The first-order valence-electron chi connectivity index (χ1n) is 9.25. The Labute approximate surface area is 228 Å². The van der Waals surface area contributed by atoms with Crippen LogP contribution in [-0.4, -0.2) is 115 Å². The zero-order valence-electron chi connectivity index (χ0n) is 16.7. The van der Waals surface area contributed by atoms with E-state index in [-0.39, 0.29) is 64.5 Å². The van der Waals surface area contributed by atoms with Crippen LogP contribution in [0.15, 0.2) is 21.4 Å². The van der Waals surface area contributed by atoms with Crippen LogP contribution in [-0.2, 0) is 14.4 Å². The monoisotopic (exact) mass is 542 g/mol. The van der Waals surface area contributed by atoms with E-state index in [2.05, 4.69) is 20.7 Å². The molecule has 4 rings (SSSR count). The second-order valence-electron chi connectivity index (χ2n) is 7.40. The number of carboxylic acids is 1. The van der Waals surface area contributed by atoms with Gasteiger partial charge in [0.05, 0.1) is 11.3 Å². The molecule has 2 unspecified atom stereocenters. The molecule has 1 aromatic rings. The SMILES string of the molecule is CN1CN(SCC2(C(=O)O)CS[C@@H]3C(NC(=O)C(=CCl)c4csc(N)n4)C(=O)N3C2)N=N1.[NaH]. The van der Waals surface area contributed by atoms with E-state index < -0.39 is 23.3 Å². The van der Waals surface area contributed by atoms with Crippen molar-refractivity contribution in [1.82, 2.24) is 24.6 Å². The van der Waals surface area contributed by atoms with Crippen molar-refractivity contribution in [3.05, 3.63) is 16.6 Å². The van der Waals surface area contributed by atoms with Crippen molar-refractivity contribution in [3.8, 4) is 0 Å². The Hall–Kier alpha value is -1.23. The number of halogens is 1. The van der Waals surface area contributed by atoms with Crippen molar-refractivity contribution in [1.29, 1.82) is 0 Å². The fourth-order valence-electron chi connectivity index (χ4n) is 3.37. The van der Waals surface area contributed by atoms with Crippen molar-refractivity contribution in [3.63, 3.8) is 0 Å². The molecule has 2 fully saturated rings.